The van der Waals surface area contributed by atoms with Gasteiger partial charge in [0, 0.05) is 5.69 Å². The second-order valence-electron chi connectivity index (χ2n) is 5.69. The van der Waals surface area contributed by atoms with E-state index in [0.717, 1.165) is 44.3 Å². The highest BCUT2D eigenvalue weighted by atomic mass is 19.1. The highest BCUT2D eigenvalue weighted by molar-refractivity contribution is 5.96. The molecule has 2 N–H and O–H groups in total. The summed E-state index contributed by atoms with van der Waals surface area (Å²) < 4.78 is 13.3. The standard InChI is InChI=1S/C16H23FN2O/c1-3-6-16(7-9-18-10-8-16)15(20)19-14-11-13(17)5-4-12(14)2/h4-5,11,18H,3,6-10H2,1-2H3,(H,19,20). The lowest BCUT2D eigenvalue weighted by molar-refractivity contribution is -0.127. The largest absolute Gasteiger partial charge is 0.325 e. The lowest BCUT2D eigenvalue weighted by atomic mass is 9.74. The van der Waals surface area contributed by atoms with Gasteiger partial charge in [0.25, 0.3) is 0 Å². The quantitative estimate of drug-likeness (QED) is 0.887. The molecule has 4 heteroatoms. The average molecular weight is 278 g/mol. The van der Waals surface area contributed by atoms with Gasteiger partial charge < -0.3 is 10.6 Å². The van der Waals surface area contributed by atoms with Gasteiger partial charge in [-0.15, -0.1) is 0 Å². The number of anilines is 1. The molecule has 1 aromatic carbocycles. The third-order valence-corrected chi connectivity index (χ3v) is 4.22. The first-order chi connectivity index (χ1) is 9.57. The topological polar surface area (TPSA) is 41.1 Å². The maximum atomic E-state index is 13.3. The van der Waals surface area contributed by atoms with Crippen LogP contribution in [0.4, 0.5) is 10.1 Å². The zero-order valence-corrected chi connectivity index (χ0v) is 12.3. The number of carbonyl (C=O) groups excluding carboxylic acids is 1. The van der Waals surface area contributed by atoms with Crippen molar-refractivity contribution < 1.29 is 9.18 Å². The molecule has 1 fully saturated rings. The van der Waals surface area contributed by atoms with Crippen molar-refractivity contribution in [3.05, 3.63) is 29.6 Å². The van der Waals surface area contributed by atoms with Gasteiger partial charge in [0.05, 0.1) is 5.41 Å². The van der Waals surface area contributed by atoms with Crippen LogP contribution in [-0.4, -0.2) is 19.0 Å². The third kappa shape index (κ3) is 3.18. The number of halogens is 1. The zero-order chi connectivity index (χ0) is 14.6. The van der Waals surface area contributed by atoms with Gasteiger partial charge in [-0.3, -0.25) is 4.79 Å². The molecule has 0 radical (unpaired) electrons. The molecule has 20 heavy (non-hydrogen) atoms. The zero-order valence-electron chi connectivity index (χ0n) is 12.3. The Morgan fingerprint density at radius 2 is 2.10 bits per heavy atom. The Morgan fingerprint density at radius 3 is 2.75 bits per heavy atom. The SMILES string of the molecule is CCCC1(C(=O)Nc2cc(F)ccc2C)CCNCC1. The number of piperidine rings is 1. The minimum absolute atomic E-state index is 0.0366. The molecular formula is C16H23FN2O. The van der Waals surface area contributed by atoms with Gasteiger partial charge in [0.2, 0.25) is 5.91 Å². The smallest absolute Gasteiger partial charge is 0.230 e. The Labute approximate surface area is 120 Å². The summed E-state index contributed by atoms with van der Waals surface area (Å²) in [6, 6.07) is 4.51. The van der Waals surface area contributed by atoms with Gasteiger partial charge in [-0.05, 0) is 57.0 Å². The number of carbonyl (C=O) groups is 1. The Balaban J connectivity index is 2.18. The first-order valence-electron chi connectivity index (χ1n) is 7.36. The molecule has 0 atom stereocenters. The molecule has 1 heterocycles. The molecule has 1 aliphatic rings. The van der Waals surface area contributed by atoms with E-state index in [2.05, 4.69) is 17.6 Å². The van der Waals surface area contributed by atoms with Crippen molar-refractivity contribution in [3.8, 4) is 0 Å². The summed E-state index contributed by atoms with van der Waals surface area (Å²) in [5.74, 6) is -0.282. The molecular weight excluding hydrogens is 255 g/mol. The molecule has 0 aliphatic carbocycles. The van der Waals surface area contributed by atoms with E-state index in [9.17, 15) is 9.18 Å². The minimum Gasteiger partial charge on any atom is -0.325 e. The summed E-state index contributed by atoms with van der Waals surface area (Å²) in [6.45, 7) is 5.72. The minimum atomic E-state index is -0.319. The second kappa shape index (κ2) is 6.35. The Morgan fingerprint density at radius 1 is 1.40 bits per heavy atom. The Bertz CT molecular complexity index is 476. The van der Waals surface area contributed by atoms with Crippen LogP contribution in [0.1, 0.15) is 38.2 Å². The first-order valence-corrected chi connectivity index (χ1v) is 7.36. The molecule has 0 aromatic heterocycles. The fourth-order valence-corrected chi connectivity index (χ4v) is 2.96. The molecule has 0 spiro atoms. The number of aryl methyl sites for hydroxylation is 1. The van der Waals surface area contributed by atoms with Gasteiger partial charge in [-0.1, -0.05) is 19.4 Å². The van der Waals surface area contributed by atoms with Crippen molar-refractivity contribution in [2.45, 2.75) is 39.5 Å². The van der Waals surface area contributed by atoms with Crippen LogP contribution in [0.2, 0.25) is 0 Å². The number of amides is 1. The van der Waals surface area contributed by atoms with Crippen LogP contribution in [0, 0.1) is 18.2 Å². The fraction of sp³-hybridized carbons (Fsp3) is 0.562. The number of hydrogen-bond acceptors (Lipinski definition) is 2. The number of rotatable bonds is 4. The van der Waals surface area contributed by atoms with Gasteiger partial charge in [0.1, 0.15) is 5.82 Å². The summed E-state index contributed by atoms with van der Waals surface area (Å²) >= 11 is 0. The highest BCUT2D eigenvalue weighted by Crippen LogP contribution is 2.35. The van der Waals surface area contributed by atoms with E-state index in [1.54, 1.807) is 6.07 Å². The Hall–Kier alpha value is -1.42. The van der Waals surface area contributed by atoms with E-state index in [1.165, 1.54) is 12.1 Å². The molecule has 0 saturated carbocycles. The summed E-state index contributed by atoms with van der Waals surface area (Å²) in [6.07, 6.45) is 3.56. The fourth-order valence-electron chi connectivity index (χ4n) is 2.96. The normalized spacial score (nSPS) is 17.8. The summed E-state index contributed by atoms with van der Waals surface area (Å²) in [7, 11) is 0. The summed E-state index contributed by atoms with van der Waals surface area (Å²) in [5, 5.41) is 6.24. The van der Waals surface area contributed by atoms with Crippen molar-refractivity contribution in [2.75, 3.05) is 18.4 Å². The number of hydrogen-bond donors (Lipinski definition) is 2. The lowest BCUT2D eigenvalue weighted by Crippen LogP contribution is -2.45. The van der Waals surface area contributed by atoms with Crippen molar-refractivity contribution in [1.82, 2.24) is 5.32 Å². The van der Waals surface area contributed by atoms with E-state index < -0.39 is 0 Å². The third-order valence-electron chi connectivity index (χ3n) is 4.22. The molecule has 0 bridgehead atoms. The predicted octanol–water partition coefficient (Wildman–Crippen LogP) is 3.24. The van der Waals surface area contributed by atoms with Gasteiger partial charge in [-0.25, -0.2) is 4.39 Å². The van der Waals surface area contributed by atoms with E-state index in [-0.39, 0.29) is 17.1 Å². The van der Waals surface area contributed by atoms with E-state index in [1.807, 2.05) is 6.92 Å². The molecule has 1 saturated heterocycles. The average Bonchev–Trinajstić information content (AvgIpc) is 2.44. The van der Waals surface area contributed by atoms with Gasteiger partial charge in [0.15, 0.2) is 0 Å². The molecule has 3 nitrogen and oxygen atoms in total. The van der Waals surface area contributed by atoms with Crippen LogP contribution < -0.4 is 10.6 Å². The van der Waals surface area contributed by atoms with Gasteiger partial charge >= 0.3 is 0 Å². The van der Waals surface area contributed by atoms with Crippen LogP contribution in [0.3, 0.4) is 0 Å². The van der Waals surface area contributed by atoms with Crippen LogP contribution in [0.25, 0.3) is 0 Å². The van der Waals surface area contributed by atoms with Crippen LogP contribution in [0.5, 0.6) is 0 Å². The second-order valence-corrected chi connectivity index (χ2v) is 5.69. The van der Waals surface area contributed by atoms with Crippen LogP contribution in [0.15, 0.2) is 18.2 Å². The Kier molecular flexibility index (Phi) is 4.76. The van der Waals surface area contributed by atoms with Crippen molar-refractivity contribution >= 4 is 11.6 Å². The van der Waals surface area contributed by atoms with Crippen LogP contribution in [-0.2, 0) is 4.79 Å². The molecule has 1 amide bonds. The number of nitrogens with one attached hydrogen (secondary N) is 2. The lowest BCUT2D eigenvalue weighted by Gasteiger charge is -2.36. The van der Waals surface area contributed by atoms with E-state index >= 15 is 0 Å². The molecule has 0 unspecified atom stereocenters. The predicted molar refractivity (Wildman–Crippen MR) is 79.2 cm³/mol. The molecule has 110 valence electrons. The number of benzene rings is 1. The molecule has 1 aromatic rings. The van der Waals surface area contributed by atoms with E-state index in [4.69, 9.17) is 0 Å². The van der Waals surface area contributed by atoms with Crippen molar-refractivity contribution in [3.63, 3.8) is 0 Å². The monoisotopic (exact) mass is 278 g/mol. The van der Waals surface area contributed by atoms with Crippen molar-refractivity contribution in [1.29, 1.82) is 0 Å². The van der Waals surface area contributed by atoms with E-state index in [0.29, 0.717) is 5.69 Å². The van der Waals surface area contributed by atoms with Crippen molar-refractivity contribution in [2.24, 2.45) is 5.41 Å². The van der Waals surface area contributed by atoms with Crippen LogP contribution >= 0.6 is 0 Å². The first kappa shape index (κ1) is 15.0. The summed E-state index contributed by atoms with van der Waals surface area (Å²) in [5.41, 5.74) is 1.17. The maximum Gasteiger partial charge on any atom is 0.230 e. The maximum absolute atomic E-state index is 13.3. The highest BCUT2D eigenvalue weighted by Gasteiger charge is 2.38. The summed E-state index contributed by atoms with van der Waals surface area (Å²) in [4.78, 5) is 12.7. The molecule has 1 aliphatic heterocycles. The molecule has 2 rings (SSSR count). The van der Waals surface area contributed by atoms with Gasteiger partial charge in [-0.2, -0.15) is 0 Å².